The maximum Gasteiger partial charge on any atom is 0.122 e. The van der Waals surface area contributed by atoms with Crippen molar-refractivity contribution in [2.75, 3.05) is 13.7 Å². The number of hydrogen-bond donors (Lipinski definition) is 1. The fraction of sp³-hybridized carbons (Fsp3) is 0.500. The molecule has 2 N–H and O–H groups in total. The lowest BCUT2D eigenvalue weighted by molar-refractivity contribution is 0.321. The zero-order valence-electron chi connectivity index (χ0n) is 12.0. The van der Waals surface area contributed by atoms with E-state index in [-0.39, 0.29) is 6.04 Å². The first kappa shape index (κ1) is 15.4. The second-order valence-electron chi connectivity index (χ2n) is 4.37. The minimum absolute atomic E-state index is 0.143. The summed E-state index contributed by atoms with van der Waals surface area (Å²) >= 11 is 0. The van der Waals surface area contributed by atoms with Gasteiger partial charge in [0, 0.05) is 12.5 Å². The fourth-order valence-electron chi connectivity index (χ4n) is 1.75. The summed E-state index contributed by atoms with van der Waals surface area (Å²) in [6.07, 6.45) is 2.47. The molecule has 0 radical (unpaired) electrons. The van der Waals surface area contributed by atoms with Crippen molar-refractivity contribution in [2.24, 2.45) is 5.73 Å². The molecule has 104 valence electrons. The van der Waals surface area contributed by atoms with Gasteiger partial charge in [-0.2, -0.15) is 0 Å². The van der Waals surface area contributed by atoms with Crippen LogP contribution in [0.2, 0.25) is 0 Å². The van der Waals surface area contributed by atoms with E-state index in [1.165, 1.54) is 0 Å². The monoisotopic (exact) mass is 261 g/mol. The van der Waals surface area contributed by atoms with Crippen molar-refractivity contribution in [2.45, 2.75) is 39.2 Å². The second kappa shape index (κ2) is 8.44. The smallest absolute Gasteiger partial charge is 0.122 e. The Morgan fingerprint density at radius 2 is 2.16 bits per heavy atom. The zero-order chi connectivity index (χ0) is 14.1. The molecule has 3 nitrogen and oxygen atoms in total. The lowest BCUT2D eigenvalue weighted by Crippen LogP contribution is -2.21. The largest absolute Gasteiger partial charge is 0.497 e. The first-order valence-electron chi connectivity index (χ1n) is 6.66. The van der Waals surface area contributed by atoms with Gasteiger partial charge in [0.15, 0.2) is 0 Å². The molecule has 0 aromatic heterocycles. The van der Waals surface area contributed by atoms with Crippen LogP contribution in [0.15, 0.2) is 18.2 Å². The van der Waals surface area contributed by atoms with Gasteiger partial charge in [-0.3, -0.25) is 0 Å². The van der Waals surface area contributed by atoms with Gasteiger partial charge in [-0.05, 0) is 43.5 Å². The molecule has 0 aliphatic rings. The molecule has 0 amide bonds. The number of ether oxygens (including phenoxy) is 2. The van der Waals surface area contributed by atoms with Crippen molar-refractivity contribution < 1.29 is 9.47 Å². The summed E-state index contributed by atoms with van der Waals surface area (Å²) in [5.41, 5.74) is 7.12. The highest BCUT2D eigenvalue weighted by atomic mass is 16.5. The van der Waals surface area contributed by atoms with Gasteiger partial charge in [0.1, 0.15) is 11.5 Å². The van der Waals surface area contributed by atoms with E-state index in [1.807, 2.05) is 25.1 Å². The molecule has 0 aliphatic carbocycles. The van der Waals surface area contributed by atoms with Crippen molar-refractivity contribution in [1.29, 1.82) is 0 Å². The second-order valence-corrected chi connectivity index (χ2v) is 4.37. The highest BCUT2D eigenvalue weighted by Gasteiger charge is 2.09. The summed E-state index contributed by atoms with van der Waals surface area (Å²) in [7, 11) is 1.66. The normalized spacial score (nSPS) is 11.4. The molecule has 0 fully saturated rings. The Morgan fingerprint density at radius 1 is 1.37 bits per heavy atom. The van der Waals surface area contributed by atoms with Gasteiger partial charge in [-0.15, -0.1) is 11.8 Å². The van der Waals surface area contributed by atoms with Gasteiger partial charge in [-0.1, -0.05) is 6.92 Å². The Bertz CT molecular complexity index is 446. The van der Waals surface area contributed by atoms with Crippen molar-refractivity contribution in [1.82, 2.24) is 0 Å². The van der Waals surface area contributed by atoms with Crippen LogP contribution in [0.4, 0.5) is 0 Å². The molecular weight excluding hydrogens is 238 g/mol. The summed E-state index contributed by atoms with van der Waals surface area (Å²) in [5, 5.41) is 0. The Labute approximate surface area is 116 Å². The first-order chi connectivity index (χ1) is 9.21. The standard InChI is InChI=1S/C16H23NO2/c1-4-6-7-10-19-16-9-8-15(18-3)12-13(16)11-14(17)5-2/h8-9,12,14H,5,7,10-11,17H2,1-3H3. The molecule has 1 aromatic rings. The van der Waals surface area contributed by atoms with Crippen LogP contribution in [-0.4, -0.2) is 19.8 Å². The molecule has 1 atom stereocenters. The number of nitrogens with two attached hydrogens (primary N) is 1. The summed E-state index contributed by atoms with van der Waals surface area (Å²) in [6, 6.07) is 5.98. The molecule has 0 aliphatic heterocycles. The molecule has 0 bridgehead atoms. The SMILES string of the molecule is CC#CCCOc1ccc(OC)cc1CC(N)CC. The molecule has 1 rings (SSSR count). The molecule has 0 saturated heterocycles. The summed E-state index contributed by atoms with van der Waals surface area (Å²) in [5.74, 6) is 7.56. The molecule has 0 spiro atoms. The molecule has 1 unspecified atom stereocenters. The van der Waals surface area contributed by atoms with Gasteiger partial charge in [0.05, 0.1) is 13.7 Å². The van der Waals surface area contributed by atoms with Gasteiger partial charge in [0.25, 0.3) is 0 Å². The summed E-state index contributed by atoms with van der Waals surface area (Å²) in [6.45, 7) is 4.52. The van der Waals surface area contributed by atoms with E-state index in [1.54, 1.807) is 7.11 Å². The molecule has 0 saturated carbocycles. The van der Waals surface area contributed by atoms with E-state index in [9.17, 15) is 0 Å². The maximum atomic E-state index is 6.02. The van der Waals surface area contributed by atoms with Gasteiger partial charge in [-0.25, -0.2) is 0 Å². The number of methoxy groups -OCH3 is 1. The minimum Gasteiger partial charge on any atom is -0.497 e. The minimum atomic E-state index is 0.143. The lowest BCUT2D eigenvalue weighted by atomic mass is 10.0. The number of rotatable bonds is 7. The van der Waals surface area contributed by atoms with Crippen LogP contribution in [-0.2, 0) is 6.42 Å². The predicted molar refractivity (Wildman–Crippen MR) is 78.5 cm³/mol. The topological polar surface area (TPSA) is 44.5 Å². The summed E-state index contributed by atoms with van der Waals surface area (Å²) in [4.78, 5) is 0. The molecular formula is C16H23NO2. The third-order valence-corrected chi connectivity index (χ3v) is 2.94. The Kier molecular flexibility index (Phi) is 6.84. The van der Waals surface area contributed by atoms with Crippen LogP contribution in [0, 0.1) is 11.8 Å². The fourth-order valence-corrected chi connectivity index (χ4v) is 1.75. The van der Waals surface area contributed by atoms with E-state index in [2.05, 4.69) is 18.8 Å². The Morgan fingerprint density at radius 3 is 2.79 bits per heavy atom. The average molecular weight is 261 g/mol. The molecule has 1 aromatic carbocycles. The first-order valence-corrected chi connectivity index (χ1v) is 6.66. The molecule has 19 heavy (non-hydrogen) atoms. The van der Waals surface area contributed by atoms with Crippen molar-refractivity contribution in [3.63, 3.8) is 0 Å². The van der Waals surface area contributed by atoms with Crippen LogP contribution in [0.1, 0.15) is 32.3 Å². The van der Waals surface area contributed by atoms with E-state index in [0.29, 0.717) is 6.61 Å². The van der Waals surface area contributed by atoms with E-state index in [0.717, 1.165) is 36.3 Å². The maximum absolute atomic E-state index is 6.02. The highest BCUT2D eigenvalue weighted by Crippen LogP contribution is 2.25. The van der Waals surface area contributed by atoms with Crippen LogP contribution in [0.5, 0.6) is 11.5 Å². The third-order valence-electron chi connectivity index (χ3n) is 2.94. The zero-order valence-corrected chi connectivity index (χ0v) is 12.0. The van der Waals surface area contributed by atoms with Gasteiger partial charge in [0.2, 0.25) is 0 Å². The average Bonchev–Trinajstić information content (AvgIpc) is 2.44. The Hall–Kier alpha value is -1.66. The molecule has 3 heteroatoms. The van der Waals surface area contributed by atoms with E-state index in [4.69, 9.17) is 15.2 Å². The predicted octanol–water partition coefficient (Wildman–Crippen LogP) is 2.77. The number of hydrogen-bond acceptors (Lipinski definition) is 3. The van der Waals surface area contributed by atoms with Crippen LogP contribution in [0.3, 0.4) is 0 Å². The quantitative estimate of drug-likeness (QED) is 0.606. The van der Waals surface area contributed by atoms with Crippen LogP contribution in [0.25, 0.3) is 0 Å². The third kappa shape index (κ3) is 5.23. The van der Waals surface area contributed by atoms with E-state index < -0.39 is 0 Å². The van der Waals surface area contributed by atoms with Crippen molar-refractivity contribution in [3.8, 4) is 23.3 Å². The van der Waals surface area contributed by atoms with Crippen LogP contribution < -0.4 is 15.2 Å². The van der Waals surface area contributed by atoms with Crippen LogP contribution >= 0.6 is 0 Å². The van der Waals surface area contributed by atoms with Crippen molar-refractivity contribution in [3.05, 3.63) is 23.8 Å². The lowest BCUT2D eigenvalue weighted by Gasteiger charge is -2.15. The summed E-state index contributed by atoms with van der Waals surface area (Å²) < 4.78 is 11.0. The number of benzene rings is 1. The van der Waals surface area contributed by atoms with Crippen molar-refractivity contribution >= 4 is 0 Å². The van der Waals surface area contributed by atoms with Gasteiger partial charge >= 0.3 is 0 Å². The molecule has 0 heterocycles. The highest BCUT2D eigenvalue weighted by molar-refractivity contribution is 5.40. The Balaban J connectivity index is 2.78. The van der Waals surface area contributed by atoms with Gasteiger partial charge < -0.3 is 15.2 Å². The van der Waals surface area contributed by atoms with E-state index >= 15 is 0 Å².